The van der Waals surface area contributed by atoms with Crippen LogP contribution in [0, 0.1) is 5.92 Å². The van der Waals surface area contributed by atoms with E-state index in [0.717, 1.165) is 19.4 Å². The first kappa shape index (κ1) is 10.9. The van der Waals surface area contributed by atoms with Crippen molar-refractivity contribution in [1.29, 1.82) is 0 Å². The summed E-state index contributed by atoms with van der Waals surface area (Å²) < 4.78 is 32.7. The zero-order valence-electron chi connectivity index (χ0n) is 7.24. The average molecular weight is 211 g/mol. The van der Waals surface area contributed by atoms with Crippen LogP contribution in [0.4, 0.5) is 3.89 Å². The molecule has 0 aliphatic carbocycles. The van der Waals surface area contributed by atoms with Crippen LogP contribution in [0.25, 0.3) is 0 Å². The summed E-state index contributed by atoms with van der Waals surface area (Å²) in [6.07, 6.45) is 0.570. The van der Waals surface area contributed by atoms with Gasteiger partial charge in [0.05, 0.1) is 6.10 Å². The van der Waals surface area contributed by atoms with Gasteiger partial charge in [0.25, 0.3) is 0 Å². The molecule has 1 saturated heterocycles. The quantitative estimate of drug-likeness (QED) is 0.626. The molecule has 0 saturated carbocycles. The highest BCUT2D eigenvalue weighted by molar-refractivity contribution is 7.86. The second-order valence-electron chi connectivity index (χ2n) is 3.38. The van der Waals surface area contributed by atoms with Gasteiger partial charge in [-0.25, -0.2) is 0 Å². The summed E-state index contributed by atoms with van der Waals surface area (Å²) in [4.78, 5) is 0. The highest BCUT2D eigenvalue weighted by Crippen LogP contribution is 2.16. The van der Waals surface area contributed by atoms with E-state index in [-0.39, 0.29) is 5.92 Å². The molecule has 1 aliphatic rings. The third kappa shape index (κ3) is 4.02. The minimum absolute atomic E-state index is 0.140. The van der Waals surface area contributed by atoms with Crippen molar-refractivity contribution in [3.8, 4) is 0 Å². The van der Waals surface area contributed by atoms with Crippen molar-refractivity contribution in [3.05, 3.63) is 0 Å². The van der Waals surface area contributed by atoms with Gasteiger partial charge >= 0.3 is 10.2 Å². The Balaban J connectivity index is 2.42. The van der Waals surface area contributed by atoms with Crippen LogP contribution in [-0.2, 0) is 10.2 Å². The van der Waals surface area contributed by atoms with Gasteiger partial charge in [-0.3, -0.25) is 0 Å². The Morgan fingerprint density at radius 2 is 2.31 bits per heavy atom. The van der Waals surface area contributed by atoms with Crippen molar-refractivity contribution in [3.63, 3.8) is 0 Å². The molecular weight excluding hydrogens is 197 g/mol. The average Bonchev–Trinajstić information content (AvgIpc) is 2.03. The van der Waals surface area contributed by atoms with Crippen LogP contribution in [0.3, 0.4) is 0 Å². The van der Waals surface area contributed by atoms with Crippen molar-refractivity contribution in [1.82, 2.24) is 5.32 Å². The Bertz CT molecular complexity index is 248. The van der Waals surface area contributed by atoms with Gasteiger partial charge in [0, 0.05) is 6.54 Å². The van der Waals surface area contributed by atoms with Crippen LogP contribution in [0.15, 0.2) is 0 Å². The lowest BCUT2D eigenvalue weighted by Crippen LogP contribution is -2.39. The topological polar surface area (TPSA) is 66.4 Å². The Hall–Kier alpha value is -0.200. The third-order valence-corrected chi connectivity index (χ3v) is 2.99. The fourth-order valence-electron chi connectivity index (χ4n) is 1.55. The zero-order chi connectivity index (χ0) is 9.90. The molecule has 1 aliphatic heterocycles. The van der Waals surface area contributed by atoms with Gasteiger partial charge in [0.1, 0.15) is 5.75 Å². The minimum Gasteiger partial charge on any atom is -0.392 e. The van der Waals surface area contributed by atoms with E-state index in [9.17, 15) is 17.4 Å². The Morgan fingerprint density at radius 1 is 1.62 bits per heavy atom. The van der Waals surface area contributed by atoms with Crippen LogP contribution in [-0.4, -0.2) is 38.5 Å². The normalized spacial score (nSPS) is 27.1. The molecule has 0 amide bonds. The second kappa shape index (κ2) is 4.34. The SMILES string of the molecule is O=S(=O)(F)CC(O)C1CCCNC1. The van der Waals surface area contributed by atoms with Crippen molar-refractivity contribution >= 4 is 10.2 Å². The summed E-state index contributed by atoms with van der Waals surface area (Å²) in [7, 11) is -4.55. The molecule has 0 aromatic heterocycles. The van der Waals surface area contributed by atoms with Gasteiger partial charge < -0.3 is 10.4 Å². The van der Waals surface area contributed by atoms with Crippen LogP contribution in [0.1, 0.15) is 12.8 Å². The molecule has 0 spiro atoms. The predicted molar refractivity (Wildman–Crippen MR) is 46.5 cm³/mol. The number of hydrogen-bond acceptors (Lipinski definition) is 4. The lowest BCUT2D eigenvalue weighted by Gasteiger charge is -2.26. The number of piperidine rings is 1. The van der Waals surface area contributed by atoms with E-state index in [0.29, 0.717) is 6.54 Å². The Kier molecular flexibility index (Phi) is 3.63. The monoisotopic (exact) mass is 211 g/mol. The lowest BCUT2D eigenvalue weighted by atomic mass is 9.95. The van der Waals surface area contributed by atoms with Crippen molar-refractivity contribution < 1.29 is 17.4 Å². The molecule has 2 atom stereocenters. The first-order chi connectivity index (χ1) is 5.99. The molecule has 78 valence electrons. The molecule has 0 aromatic carbocycles. The highest BCUT2D eigenvalue weighted by Gasteiger charge is 2.26. The maximum Gasteiger partial charge on any atom is 0.304 e. The van der Waals surface area contributed by atoms with Gasteiger partial charge in [0.2, 0.25) is 0 Å². The first-order valence-corrected chi connectivity index (χ1v) is 5.85. The largest absolute Gasteiger partial charge is 0.392 e. The van der Waals surface area contributed by atoms with E-state index in [1.54, 1.807) is 0 Å². The van der Waals surface area contributed by atoms with Gasteiger partial charge in [0.15, 0.2) is 0 Å². The van der Waals surface area contributed by atoms with Crippen molar-refractivity contribution in [2.75, 3.05) is 18.8 Å². The Labute approximate surface area is 77.4 Å². The molecule has 6 heteroatoms. The molecule has 1 fully saturated rings. The standard InChI is InChI=1S/C7H14FNO3S/c8-13(11,12)5-7(10)6-2-1-3-9-4-6/h6-7,9-10H,1-5H2. The van der Waals surface area contributed by atoms with E-state index in [1.165, 1.54) is 0 Å². The third-order valence-electron chi connectivity index (χ3n) is 2.25. The summed E-state index contributed by atoms with van der Waals surface area (Å²) >= 11 is 0. The number of aliphatic hydroxyl groups excluding tert-OH is 1. The molecule has 0 radical (unpaired) electrons. The maximum absolute atomic E-state index is 12.2. The van der Waals surface area contributed by atoms with Gasteiger partial charge in [-0.2, -0.15) is 8.42 Å². The summed E-state index contributed by atoms with van der Waals surface area (Å²) in [6, 6.07) is 0. The molecule has 4 nitrogen and oxygen atoms in total. The minimum atomic E-state index is -4.55. The molecule has 1 rings (SSSR count). The van der Waals surface area contributed by atoms with E-state index in [1.807, 2.05) is 0 Å². The van der Waals surface area contributed by atoms with Gasteiger partial charge in [-0.15, -0.1) is 3.89 Å². The molecule has 2 N–H and O–H groups in total. The number of hydrogen-bond donors (Lipinski definition) is 2. The molecule has 0 bridgehead atoms. The van der Waals surface area contributed by atoms with Crippen LogP contribution in [0.2, 0.25) is 0 Å². The number of aliphatic hydroxyl groups is 1. The van der Waals surface area contributed by atoms with E-state index in [2.05, 4.69) is 5.32 Å². The molecule has 0 aromatic rings. The summed E-state index contributed by atoms with van der Waals surface area (Å²) in [5.41, 5.74) is 0. The fourth-order valence-corrected chi connectivity index (χ4v) is 2.23. The maximum atomic E-state index is 12.2. The molecule has 2 unspecified atom stereocenters. The van der Waals surface area contributed by atoms with Crippen LogP contribution >= 0.6 is 0 Å². The molecule has 13 heavy (non-hydrogen) atoms. The fraction of sp³-hybridized carbons (Fsp3) is 1.00. The second-order valence-corrected chi connectivity index (χ2v) is 4.79. The zero-order valence-corrected chi connectivity index (χ0v) is 8.06. The lowest BCUT2D eigenvalue weighted by molar-refractivity contribution is 0.110. The molecular formula is C7H14FNO3S. The smallest absolute Gasteiger partial charge is 0.304 e. The molecule has 1 heterocycles. The van der Waals surface area contributed by atoms with Gasteiger partial charge in [-0.1, -0.05) is 0 Å². The predicted octanol–water partition coefficient (Wildman–Crippen LogP) is -0.354. The van der Waals surface area contributed by atoms with Crippen molar-refractivity contribution in [2.24, 2.45) is 5.92 Å². The summed E-state index contributed by atoms with van der Waals surface area (Å²) in [5, 5.41) is 12.4. The van der Waals surface area contributed by atoms with Crippen LogP contribution < -0.4 is 5.32 Å². The summed E-state index contributed by atoms with van der Waals surface area (Å²) in [6.45, 7) is 1.45. The highest BCUT2D eigenvalue weighted by atomic mass is 32.3. The van der Waals surface area contributed by atoms with E-state index < -0.39 is 22.1 Å². The van der Waals surface area contributed by atoms with E-state index in [4.69, 9.17) is 0 Å². The first-order valence-electron chi connectivity index (χ1n) is 4.30. The number of halogens is 1. The van der Waals surface area contributed by atoms with E-state index >= 15 is 0 Å². The van der Waals surface area contributed by atoms with Crippen LogP contribution in [0.5, 0.6) is 0 Å². The number of nitrogens with one attached hydrogen (secondary N) is 1. The number of rotatable bonds is 3. The van der Waals surface area contributed by atoms with Crippen molar-refractivity contribution in [2.45, 2.75) is 18.9 Å². The van der Waals surface area contributed by atoms with Gasteiger partial charge in [-0.05, 0) is 25.3 Å². The summed E-state index contributed by atoms with van der Waals surface area (Å²) in [5.74, 6) is -0.918. The Morgan fingerprint density at radius 3 is 2.77 bits per heavy atom.